The van der Waals surface area contributed by atoms with Gasteiger partial charge in [-0.05, 0) is 79.9 Å². The molecule has 6 rings (SSSR count). The molecule has 1 amide bonds. The van der Waals surface area contributed by atoms with Crippen LogP contribution in [0.1, 0.15) is 34.8 Å². The van der Waals surface area contributed by atoms with Crippen LogP contribution in [0, 0.1) is 11.8 Å². The first-order valence-electron chi connectivity index (χ1n) is 13.2. The molecule has 4 heterocycles. The van der Waals surface area contributed by atoms with Gasteiger partial charge in [0.2, 0.25) is 5.95 Å². The Balaban J connectivity index is 1.41. The SMILES string of the molecule is C[C@H]1CN(c2ccc(-c3cc(-c4cc5c(cc4F)C(=O)NCC5)c(N)nc3F)cc2CN2CCC2)CCO1. The molecule has 198 valence electrons. The number of ether oxygens (including phenoxy) is 1. The van der Waals surface area contributed by atoms with Crippen molar-refractivity contribution in [1.82, 2.24) is 15.2 Å². The number of nitrogens with zero attached hydrogens (tertiary/aromatic N) is 3. The molecule has 0 spiro atoms. The van der Waals surface area contributed by atoms with E-state index in [4.69, 9.17) is 10.5 Å². The number of pyridine rings is 1. The Bertz CT molecular complexity index is 1410. The number of likely N-dealkylation sites (tertiary alicyclic amines) is 1. The van der Waals surface area contributed by atoms with E-state index in [2.05, 4.69) is 27.0 Å². The van der Waals surface area contributed by atoms with Gasteiger partial charge in [0.05, 0.1) is 12.7 Å². The van der Waals surface area contributed by atoms with E-state index in [-0.39, 0.29) is 29.0 Å². The zero-order chi connectivity index (χ0) is 26.4. The molecule has 2 fully saturated rings. The van der Waals surface area contributed by atoms with Crippen molar-refractivity contribution in [2.24, 2.45) is 0 Å². The lowest BCUT2D eigenvalue weighted by Crippen LogP contribution is -2.42. The van der Waals surface area contributed by atoms with Crippen LogP contribution in [0.4, 0.5) is 20.3 Å². The molecule has 3 aromatic rings. The van der Waals surface area contributed by atoms with Gasteiger partial charge >= 0.3 is 0 Å². The molecule has 0 bridgehead atoms. The zero-order valence-electron chi connectivity index (χ0n) is 21.4. The van der Waals surface area contributed by atoms with Crippen LogP contribution in [0.2, 0.25) is 0 Å². The molecule has 3 aliphatic rings. The number of anilines is 2. The summed E-state index contributed by atoms with van der Waals surface area (Å²) < 4.78 is 36.2. The number of nitrogens with one attached hydrogen (secondary N) is 1. The normalized spacial score (nSPS) is 19.6. The van der Waals surface area contributed by atoms with Gasteiger partial charge in [0.25, 0.3) is 5.91 Å². The lowest BCUT2D eigenvalue weighted by Gasteiger charge is -2.36. The maximum Gasteiger partial charge on any atom is 0.251 e. The van der Waals surface area contributed by atoms with Gasteiger partial charge in [-0.15, -0.1) is 0 Å². The summed E-state index contributed by atoms with van der Waals surface area (Å²) in [7, 11) is 0. The molecule has 3 aliphatic heterocycles. The van der Waals surface area contributed by atoms with Crippen LogP contribution in [0.15, 0.2) is 36.4 Å². The molecular formula is C29H31F2N5O2. The third kappa shape index (κ3) is 4.61. The summed E-state index contributed by atoms with van der Waals surface area (Å²) in [4.78, 5) is 20.8. The average Bonchev–Trinajstić information content (AvgIpc) is 2.87. The largest absolute Gasteiger partial charge is 0.383 e. The summed E-state index contributed by atoms with van der Waals surface area (Å²) in [6.07, 6.45) is 1.90. The Morgan fingerprint density at radius 3 is 2.68 bits per heavy atom. The number of benzene rings is 2. The van der Waals surface area contributed by atoms with Crippen molar-refractivity contribution >= 4 is 17.4 Å². The van der Waals surface area contributed by atoms with Crippen molar-refractivity contribution in [2.75, 3.05) is 50.0 Å². The van der Waals surface area contributed by atoms with Gasteiger partial charge < -0.3 is 20.7 Å². The predicted octanol–water partition coefficient (Wildman–Crippen LogP) is 3.99. The molecule has 38 heavy (non-hydrogen) atoms. The van der Waals surface area contributed by atoms with E-state index in [9.17, 15) is 4.79 Å². The maximum absolute atomic E-state index is 15.3. The molecule has 1 aromatic heterocycles. The monoisotopic (exact) mass is 519 g/mol. The summed E-state index contributed by atoms with van der Waals surface area (Å²) in [5, 5.41) is 2.73. The molecular weight excluding hydrogens is 488 g/mol. The Morgan fingerprint density at radius 2 is 1.92 bits per heavy atom. The highest BCUT2D eigenvalue weighted by Crippen LogP contribution is 2.37. The zero-order valence-corrected chi connectivity index (χ0v) is 21.4. The third-order valence-electron chi connectivity index (χ3n) is 7.73. The molecule has 0 radical (unpaired) electrons. The van der Waals surface area contributed by atoms with Crippen LogP contribution >= 0.6 is 0 Å². The first kappa shape index (κ1) is 24.8. The molecule has 9 heteroatoms. The molecule has 0 unspecified atom stereocenters. The van der Waals surface area contributed by atoms with Crippen molar-refractivity contribution in [1.29, 1.82) is 0 Å². The van der Waals surface area contributed by atoms with Crippen LogP contribution in [0.5, 0.6) is 0 Å². The highest BCUT2D eigenvalue weighted by atomic mass is 19.1. The summed E-state index contributed by atoms with van der Waals surface area (Å²) in [5.41, 5.74) is 10.8. The molecule has 2 aromatic carbocycles. The van der Waals surface area contributed by atoms with E-state index >= 15 is 8.78 Å². The standard InChI is InChI=1S/C29H31F2N5O2/c1-17-15-36(9-10-38-17)26-4-3-18(11-20(26)16-35-7-2-8-35)21-13-24(28(32)34-27(21)31)23-12-19-5-6-33-29(37)22(19)14-25(23)30/h3-4,11-14,17H,2,5-10,15-16H2,1H3,(H2,32,34)(H,33,37)/t17-/m0/s1. The van der Waals surface area contributed by atoms with Crippen LogP contribution < -0.4 is 16.0 Å². The van der Waals surface area contributed by atoms with Crippen LogP contribution in [0.25, 0.3) is 22.3 Å². The minimum absolute atomic E-state index is 0.0925. The molecule has 2 saturated heterocycles. The number of aromatic nitrogens is 1. The van der Waals surface area contributed by atoms with E-state index in [1.54, 1.807) is 12.1 Å². The molecule has 3 N–H and O–H groups in total. The Labute approximate surface area is 220 Å². The second-order valence-corrected chi connectivity index (χ2v) is 10.4. The van der Waals surface area contributed by atoms with Crippen LogP contribution in [-0.4, -0.2) is 61.2 Å². The number of halogens is 2. The van der Waals surface area contributed by atoms with Gasteiger partial charge in [-0.2, -0.15) is 4.39 Å². The highest BCUT2D eigenvalue weighted by Gasteiger charge is 2.25. The number of amides is 1. The van der Waals surface area contributed by atoms with E-state index in [0.29, 0.717) is 36.3 Å². The van der Waals surface area contributed by atoms with Crippen molar-refractivity contribution in [3.63, 3.8) is 0 Å². The van der Waals surface area contributed by atoms with E-state index < -0.39 is 11.8 Å². The van der Waals surface area contributed by atoms with E-state index in [1.165, 1.54) is 12.5 Å². The molecule has 0 saturated carbocycles. The number of nitrogen functional groups attached to an aromatic ring is 1. The van der Waals surface area contributed by atoms with Gasteiger partial charge in [-0.1, -0.05) is 6.07 Å². The number of hydrogen-bond acceptors (Lipinski definition) is 6. The fourth-order valence-corrected chi connectivity index (χ4v) is 5.58. The van der Waals surface area contributed by atoms with Gasteiger partial charge in [-0.25, -0.2) is 9.37 Å². The number of carbonyl (C=O) groups is 1. The summed E-state index contributed by atoms with van der Waals surface area (Å²) in [5.74, 6) is -1.69. The molecule has 1 atom stereocenters. The average molecular weight is 520 g/mol. The number of hydrogen-bond donors (Lipinski definition) is 2. The summed E-state index contributed by atoms with van der Waals surface area (Å²) in [6, 6.07) is 10.4. The summed E-state index contributed by atoms with van der Waals surface area (Å²) in [6.45, 7) is 7.67. The smallest absolute Gasteiger partial charge is 0.251 e. The van der Waals surface area contributed by atoms with E-state index in [0.717, 1.165) is 49.5 Å². The second kappa shape index (κ2) is 9.96. The minimum Gasteiger partial charge on any atom is -0.383 e. The Morgan fingerprint density at radius 1 is 1.08 bits per heavy atom. The second-order valence-electron chi connectivity index (χ2n) is 10.4. The van der Waals surface area contributed by atoms with Crippen molar-refractivity contribution in [3.8, 4) is 22.3 Å². The van der Waals surface area contributed by atoms with Gasteiger partial charge in [0.1, 0.15) is 11.6 Å². The lowest BCUT2D eigenvalue weighted by molar-refractivity contribution is 0.0531. The minimum atomic E-state index is -0.702. The van der Waals surface area contributed by atoms with Crippen molar-refractivity contribution < 1.29 is 18.3 Å². The van der Waals surface area contributed by atoms with E-state index in [1.807, 2.05) is 18.2 Å². The van der Waals surface area contributed by atoms with Crippen molar-refractivity contribution in [2.45, 2.75) is 32.4 Å². The number of fused-ring (bicyclic) bond motifs is 1. The Kier molecular flexibility index (Phi) is 6.49. The van der Waals surface area contributed by atoms with Gasteiger partial charge in [0.15, 0.2) is 0 Å². The van der Waals surface area contributed by atoms with Crippen LogP contribution in [-0.2, 0) is 17.7 Å². The third-order valence-corrected chi connectivity index (χ3v) is 7.73. The lowest BCUT2D eigenvalue weighted by atomic mass is 9.93. The van der Waals surface area contributed by atoms with Gasteiger partial charge in [-0.3, -0.25) is 9.69 Å². The number of carbonyl (C=O) groups excluding carboxylic acids is 1. The first-order valence-corrected chi connectivity index (χ1v) is 13.2. The number of rotatable bonds is 5. The Hall–Kier alpha value is -3.56. The predicted molar refractivity (Wildman–Crippen MR) is 143 cm³/mol. The number of morpholine rings is 1. The quantitative estimate of drug-likeness (QED) is 0.496. The fourth-order valence-electron chi connectivity index (χ4n) is 5.58. The van der Waals surface area contributed by atoms with Crippen molar-refractivity contribution in [3.05, 3.63) is 64.9 Å². The van der Waals surface area contributed by atoms with Crippen LogP contribution in [0.3, 0.4) is 0 Å². The maximum atomic E-state index is 15.3. The molecule has 0 aliphatic carbocycles. The highest BCUT2D eigenvalue weighted by molar-refractivity contribution is 5.97. The first-order chi connectivity index (χ1) is 18.4. The van der Waals surface area contributed by atoms with Gasteiger partial charge in [0, 0.05) is 54.1 Å². The summed E-state index contributed by atoms with van der Waals surface area (Å²) >= 11 is 0. The molecule has 7 nitrogen and oxygen atoms in total. The number of nitrogens with two attached hydrogens (primary N) is 1. The fraction of sp³-hybridized carbons (Fsp3) is 0.379. The topological polar surface area (TPSA) is 83.7 Å².